The smallest absolute Gasteiger partial charge is 0.251 e. The number of tetrazole rings is 1. The number of aromatic nitrogens is 4. The molecule has 1 amide bonds. The van der Waals surface area contributed by atoms with Crippen molar-refractivity contribution in [2.45, 2.75) is 32.4 Å². The molecule has 0 spiro atoms. The van der Waals surface area contributed by atoms with Crippen LogP contribution in [-0.4, -0.2) is 64.6 Å². The SMILES string of the molecule is COc1c2c(cc3c1C(c1nnnn1-c1ccc(C(=O)NC(C)C)cc1)N(C)CC3)OCO2. The Labute approximate surface area is 191 Å². The van der Waals surface area contributed by atoms with Crippen LogP contribution >= 0.6 is 0 Å². The fourth-order valence-electron chi connectivity index (χ4n) is 4.41. The van der Waals surface area contributed by atoms with Crippen LogP contribution in [0.5, 0.6) is 17.2 Å². The Balaban J connectivity index is 1.56. The van der Waals surface area contributed by atoms with Crippen LogP contribution in [0.4, 0.5) is 0 Å². The van der Waals surface area contributed by atoms with E-state index >= 15 is 0 Å². The molecule has 0 aliphatic carbocycles. The normalized spacial score (nSPS) is 17.2. The van der Waals surface area contributed by atoms with Gasteiger partial charge in [-0.15, -0.1) is 5.10 Å². The lowest BCUT2D eigenvalue weighted by molar-refractivity contribution is 0.0943. The molecule has 1 atom stereocenters. The van der Waals surface area contributed by atoms with Gasteiger partial charge in [-0.05, 0) is 73.6 Å². The highest BCUT2D eigenvalue weighted by molar-refractivity contribution is 5.94. The Bertz CT molecular complexity index is 1190. The molecule has 2 aliphatic heterocycles. The van der Waals surface area contributed by atoms with Crippen LogP contribution in [0.2, 0.25) is 0 Å². The molecular formula is C23H26N6O4. The standard InChI is InChI=1S/C23H26N6O4/c1-13(2)24-23(30)14-5-7-16(8-6-14)29-22(25-26-27-29)19-18-15(9-10-28(19)3)11-17-20(21(18)31-4)33-12-32-17/h5-8,11,13,19H,9-10,12H2,1-4H3,(H,24,30). The number of benzene rings is 2. The van der Waals surface area contributed by atoms with Crippen molar-refractivity contribution in [2.24, 2.45) is 0 Å². The summed E-state index contributed by atoms with van der Waals surface area (Å²) in [7, 11) is 3.67. The van der Waals surface area contributed by atoms with Crippen LogP contribution in [0.25, 0.3) is 5.69 Å². The van der Waals surface area contributed by atoms with Crippen LogP contribution in [0.15, 0.2) is 30.3 Å². The van der Waals surface area contributed by atoms with Gasteiger partial charge in [-0.3, -0.25) is 9.69 Å². The van der Waals surface area contributed by atoms with Crippen LogP contribution in [-0.2, 0) is 6.42 Å². The molecule has 5 rings (SSSR count). The molecule has 2 aliphatic rings. The first-order valence-corrected chi connectivity index (χ1v) is 10.9. The molecule has 0 fully saturated rings. The number of nitrogens with one attached hydrogen (secondary N) is 1. The summed E-state index contributed by atoms with van der Waals surface area (Å²) < 4.78 is 18.8. The number of methoxy groups -OCH3 is 1. The van der Waals surface area contributed by atoms with E-state index in [1.165, 1.54) is 0 Å². The molecule has 2 aromatic carbocycles. The number of carbonyl (C=O) groups is 1. The Kier molecular flexibility index (Phi) is 5.37. The average Bonchev–Trinajstić information content (AvgIpc) is 3.47. The third-order valence-electron chi connectivity index (χ3n) is 5.93. The highest BCUT2D eigenvalue weighted by Gasteiger charge is 2.37. The molecule has 10 heteroatoms. The maximum absolute atomic E-state index is 12.3. The molecule has 1 N–H and O–H groups in total. The van der Waals surface area contributed by atoms with E-state index in [0.29, 0.717) is 28.6 Å². The zero-order valence-electron chi connectivity index (χ0n) is 19.0. The Hall–Kier alpha value is -3.66. The van der Waals surface area contributed by atoms with Gasteiger partial charge in [-0.1, -0.05) is 0 Å². The number of ether oxygens (including phenoxy) is 3. The zero-order valence-corrected chi connectivity index (χ0v) is 19.0. The Morgan fingerprint density at radius 2 is 2.03 bits per heavy atom. The van der Waals surface area contributed by atoms with Crippen molar-refractivity contribution in [3.05, 3.63) is 52.8 Å². The van der Waals surface area contributed by atoms with Gasteiger partial charge in [0, 0.05) is 23.7 Å². The maximum Gasteiger partial charge on any atom is 0.251 e. The van der Waals surface area contributed by atoms with Gasteiger partial charge in [-0.2, -0.15) is 4.68 Å². The molecule has 3 aromatic rings. The Morgan fingerprint density at radius 1 is 1.24 bits per heavy atom. The molecule has 33 heavy (non-hydrogen) atoms. The fraction of sp³-hybridized carbons (Fsp3) is 0.391. The van der Waals surface area contributed by atoms with E-state index in [9.17, 15) is 4.79 Å². The summed E-state index contributed by atoms with van der Waals surface area (Å²) in [5, 5.41) is 15.5. The molecule has 3 heterocycles. The van der Waals surface area contributed by atoms with Crippen LogP contribution in [0.3, 0.4) is 0 Å². The minimum Gasteiger partial charge on any atom is -0.492 e. The molecule has 0 saturated carbocycles. The lowest BCUT2D eigenvalue weighted by Gasteiger charge is -2.34. The summed E-state index contributed by atoms with van der Waals surface area (Å²) in [4.78, 5) is 14.5. The second-order valence-corrected chi connectivity index (χ2v) is 8.47. The topological polar surface area (TPSA) is 104 Å². The van der Waals surface area contributed by atoms with Crippen molar-refractivity contribution >= 4 is 5.91 Å². The number of rotatable bonds is 5. The number of hydrogen-bond acceptors (Lipinski definition) is 8. The predicted octanol–water partition coefficient (Wildman–Crippen LogP) is 2.12. The van der Waals surface area contributed by atoms with Gasteiger partial charge >= 0.3 is 0 Å². The lowest BCUT2D eigenvalue weighted by atomic mass is 9.90. The second kappa shape index (κ2) is 8.36. The van der Waals surface area contributed by atoms with Gasteiger partial charge in [0.25, 0.3) is 5.91 Å². The first-order valence-electron chi connectivity index (χ1n) is 10.9. The van der Waals surface area contributed by atoms with Gasteiger partial charge < -0.3 is 19.5 Å². The average molecular weight is 450 g/mol. The van der Waals surface area contributed by atoms with Gasteiger partial charge in [0.15, 0.2) is 17.3 Å². The monoisotopic (exact) mass is 450 g/mol. The molecule has 10 nitrogen and oxygen atoms in total. The minimum atomic E-state index is -0.253. The first-order chi connectivity index (χ1) is 16.0. The zero-order chi connectivity index (χ0) is 23.1. The minimum absolute atomic E-state index is 0.0658. The first kappa shape index (κ1) is 21.2. The number of amides is 1. The number of fused-ring (bicyclic) bond motifs is 2. The van der Waals surface area contributed by atoms with E-state index < -0.39 is 0 Å². The van der Waals surface area contributed by atoms with E-state index in [4.69, 9.17) is 14.2 Å². The molecule has 1 aromatic heterocycles. The van der Waals surface area contributed by atoms with E-state index in [2.05, 4.69) is 25.7 Å². The highest BCUT2D eigenvalue weighted by atomic mass is 16.7. The van der Waals surface area contributed by atoms with Crippen LogP contribution < -0.4 is 19.5 Å². The summed E-state index contributed by atoms with van der Waals surface area (Å²) in [6.07, 6.45) is 0.844. The van der Waals surface area contributed by atoms with Gasteiger partial charge in [0.1, 0.15) is 6.04 Å². The molecule has 0 radical (unpaired) electrons. The van der Waals surface area contributed by atoms with Gasteiger partial charge in [0.2, 0.25) is 12.5 Å². The van der Waals surface area contributed by atoms with Crippen molar-refractivity contribution in [1.29, 1.82) is 0 Å². The van der Waals surface area contributed by atoms with Crippen LogP contribution in [0, 0.1) is 0 Å². The summed E-state index contributed by atoms with van der Waals surface area (Å²) in [5.41, 5.74) is 3.43. The van der Waals surface area contributed by atoms with Crippen molar-refractivity contribution in [2.75, 3.05) is 27.5 Å². The van der Waals surface area contributed by atoms with E-state index in [-0.39, 0.29) is 24.8 Å². The molecule has 0 saturated heterocycles. The van der Waals surface area contributed by atoms with Crippen LogP contribution in [0.1, 0.15) is 47.2 Å². The number of nitrogens with zero attached hydrogens (tertiary/aromatic N) is 5. The number of hydrogen-bond donors (Lipinski definition) is 1. The van der Waals surface area contributed by atoms with Crippen molar-refractivity contribution in [3.8, 4) is 22.9 Å². The number of likely N-dealkylation sites (N-methyl/N-ethyl adjacent to an activating group) is 1. The van der Waals surface area contributed by atoms with Gasteiger partial charge in [-0.25, -0.2) is 0 Å². The quantitative estimate of drug-likeness (QED) is 0.631. The summed E-state index contributed by atoms with van der Waals surface area (Å²) in [6, 6.07) is 9.07. The third kappa shape index (κ3) is 3.66. The van der Waals surface area contributed by atoms with Crippen molar-refractivity contribution in [1.82, 2.24) is 30.4 Å². The summed E-state index contributed by atoms with van der Waals surface area (Å²) in [5.74, 6) is 2.48. The summed E-state index contributed by atoms with van der Waals surface area (Å²) >= 11 is 0. The highest BCUT2D eigenvalue weighted by Crippen LogP contribution is 2.50. The van der Waals surface area contributed by atoms with Gasteiger partial charge in [0.05, 0.1) is 12.8 Å². The Morgan fingerprint density at radius 3 is 2.76 bits per heavy atom. The second-order valence-electron chi connectivity index (χ2n) is 8.47. The van der Waals surface area contributed by atoms with E-state index in [1.807, 2.05) is 39.1 Å². The molecule has 172 valence electrons. The van der Waals surface area contributed by atoms with E-state index in [0.717, 1.165) is 29.8 Å². The largest absolute Gasteiger partial charge is 0.492 e. The lowest BCUT2D eigenvalue weighted by Crippen LogP contribution is -2.35. The number of carbonyl (C=O) groups excluding carboxylic acids is 1. The predicted molar refractivity (Wildman–Crippen MR) is 119 cm³/mol. The molecule has 1 unspecified atom stereocenters. The van der Waals surface area contributed by atoms with Crippen molar-refractivity contribution < 1.29 is 19.0 Å². The third-order valence-corrected chi connectivity index (χ3v) is 5.93. The molecular weight excluding hydrogens is 424 g/mol. The van der Waals surface area contributed by atoms with Crippen molar-refractivity contribution in [3.63, 3.8) is 0 Å². The fourth-order valence-corrected chi connectivity index (χ4v) is 4.41. The maximum atomic E-state index is 12.3. The summed E-state index contributed by atoms with van der Waals surface area (Å²) in [6.45, 7) is 4.85. The van der Waals surface area contributed by atoms with E-state index in [1.54, 1.807) is 23.9 Å². The molecule has 0 bridgehead atoms.